The third-order valence-corrected chi connectivity index (χ3v) is 6.17. The van der Waals surface area contributed by atoms with Gasteiger partial charge in [0.1, 0.15) is 0 Å². The lowest BCUT2D eigenvalue weighted by Crippen LogP contribution is -2.49. The van der Waals surface area contributed by atoms with Crippen molar-refractivity contribution in [1.29, 1.82) is 0 Å². The van der Waals surface area contributed by atoms with Crippen LogP contribution in [-0.2, 0) is 14.3 Å². The normalized spacial score (nSPS) is 17.3. The molecule has 1 aliphatic heterocycles. The number of nitrogens with one attached hydrogen (secondary N) is 2. The van der Waals surface area contributed by atoms with Crippen LogP contribution in [0.2, 0.25) is 0 Å². The van der Waals surface area contributed by atoms with Gasteiger partial charge in [0.25, 0.3) is 0 Å². The van der Waals surface area contributed by atoms with E-state index in [-0.39, 0.29) is 23.3 Å². The molecule has 1 saturated heterocycles. The molecular weight excluding hydrogens is 412 g/mol. The van der Waals surface area contributed by atoms with Crippen LogP contribution in [0.15, 0.2) is 18.2 Å². The first kappa shape index (κ1) is 24.0. The molecule has 1 saturated carbocycles. The van der Waals surface area contributed by atoms with E-state index in [0.29, 0.717) is 51.6 Å². The van der Waals surface area contributed by atoms with Crippen molar-refractivity contribution in [1.82, 2.24) is 10.2 Å². The number of methoxy groups -OCH3 is 1. The monoisotopic (exact) mass is 446 g/mol. The van der Waals surface area contributed by atoms with Crippen LogP contribution in [0.3, 0.4) is 0 Å². The van der Waals surface area contributed by atoms with E-state index in [4.69, 9.17) is 4.74 Å². The highest BCUT2D eigenvalue weighted by atomic mass is 16.5. The molecule has 0 spiro atoms. The van der Waals surface area contributed by atoms with Crippen molar-refractivity contribution >= 4 is 29.2 Å². The second kappa shape index (κ2) is 11.8. The van der Waals surface area contributed by atoms with E-state index in [9.17, 15) is 19.5 Å². The molecule has 2 amide bonds. The second-order valence-corrected chi connectivity index (χ2v) is 8.47. The Balaban J connectivity index is 1.53. The van der Waals surface area contributed by atoms with Crippen molar-refractivity contribution in [3.63, 3.8) is 0 Å². The maximum Gasteiger partial charge on any atom is 0.337 e. The van der Waals surface area contributed by atoms with Gasteiger partial charge in [0, 0.05) is 58.0 Å². The predicted octanol–water partition coefficient (Wildman–Crippen LogP) is 1.79. The summed E-state index contributed by atoms with van der Waals surface area (Å²) < 4.78 is 4.98. The molecule has 32 heavy (non-hydrogen) atoms. The zero-order valence-electron chi connectivity index (χ0n) is 18.8. The van der Waals surface area contributed by atoms with Gasteiger partial charge in [-0.1, -0.05) is 12.8 Å². The van der Waals surface area contributed by atoms with E-state index in [1.807, 2.05) is 6.07 Å². The number of carboxylic acid groups (broad SMARTS) is 1. The third kappa shape index (κ3) is 6.67. The molecule has 1 aromatic carbocycles. The summed E-state index contributed by atoms with van der Waals surface area (Å²) in [5.74, 6) is -1.17. The van der Waals surface area contributed by atoms with E-state index in [1.54, 1.807) is 19.2 Å². The lowest BCUT2D eigenvalue weighted by atomic mass is 10.1. The van der Waals surface area contributed by atoms with Gasteiger partial charge in [-0.25, -0.2) is 4.79 Å². The molecule has 0 radical (unpaired) electrons. The molecule has 3 rings (SSSR count). The average Bonchev–Trinajstić information content (AvgIpc) is 3.33. The maximum atomic E-state index is 12.4. The van der Waals surface area contributed by atoms with Crippen molar-refractivity contribution in [3.8, 4) is 0 Å². The van der Waals surface area contributed by atoms with Crippen LogP contribution < -0.4 is 15.5 Å². The number of ether oxygens (including phenoxy) is 1. The molecule has 2 aliphatic rings. The SMILES string of the molecule is COCCCNC(=O)CN1CCN(c2ccc(NC(=O)C3CCCC3)c(C(=O)O)c2)CC1. The molecule has 2 fully saturated rings. The number of aromatic carboxylic acids is 1. The highest BCUT2D eigenvalue weighted by molar-refractivity contribution is 6.02. The molecule has 1 aromatic rings. The minimum atomic E-state index is -1.06. The number of piperazine rings is 1. The minimum Gasteiger partial charge on any atom is -0.478 e. The van der Waals surface area contributed by atoms with Crippen LogP contribution in [0, 0.1) is 5.92 Å². The first-order valence-corrected chi connectivity index (χ1v) is 11.4. The maximum absolute atomic E-state index is 12.4. The largest absolute Gasteiger partial charge is 0.478 e. The van der Waals surface area contributed by atoms with Gasteiger partial charge in [-0.3, -0.25) is 14.5 Å². The number of hydrogen-bond donors (Lipinski definition) is 3. The standard InChI is InChI=1S/C23H34N4O5/c1-32-14-4-9-24-21(28)16-26-10-12-27(13-11-26)18-7-8-20(19(15-18)23(30)31)25-22(29)17-5-2-3-6-17/h7-8,15,17H,2-6,9-14,16H2,1H3,(H,24,28)(H,25,29)(H,30,31). The molecule has 1 aliphatic carbocycles. The molecule has 0 unspecified atom stereocenters. The van der Waals surface area contributed by atoms with Gasteiger partial charge in [0.2, 0.25) is 11.8 Å². The predicted molar refractivity (Wildman–Crippen MR) is 122 cm³/mol. The topological polar surface area (TPSA) is 111 Å². The third-order valence-electron chi connectivity index (χ3n) is 6.17. The van der Waals surface area contributed by atoms with E-state index < -0.39 is 5.97 Å². The van der Waals surface area contributed by atoms with Crippen molar-refractivity contribution in [2.24, 2.45) is 5.92 Å². The Bertz CT molecular complexity index is 802. The van der Waals surface area contributed by atoms with Crippen LogP contribution in [0.4, 0.5) is 11.4 Å². The second-order valence-electron chi connectivity index (χ2n) is 8.47. The molecule has 0 aromatic heterocycles. The number of hydrogen-bond acceptors (Lipinski definition) is 6. The lowest BCUT2D eigenvalue weighted by molar-refractivity contribution is -0.122. The molecule has 1 heterocycles. The van der Waals surface area contributed by atoms with Gasteiger partial charge in [-0.2, -0.15) is 0 Å². The van der Waals surface area contributed by atoms with Gasteiger partial charge >= 0.3 is 5.97 Å². The van der Waals surface area contributed by atoms with Crippen molar-refractivity contribution in [3.05, 3.63) is 23.8 Å². The van der Waals surface area contributed by atoms with Gasteiger partial charge < -0.3 is 25.4 Å². The van der Waals surface area contributed by atoms with Crippen LogP contribution in [0.5, 0.6) is 0 Å². The van der Waals surface area contributed by atoms with Crippen LogP contribution >= 0.6 is 0 Å². The number of rotatable bonds is 10. The van der Waals surface area contributed by atoms with E-state index in [2.05, 4.69) is 20.4 Å². The molecule has 0 atom stereocenters. The lowest BCUT2D eigenvalue weighted by Gasteiger charge is -2.36. The zero-order valence-corrected chi connectivity index (χ0v) is 18.8. The summed E-state index contributed by atoms with van der Waals surface area (Å²) in [5, 5.41) is 15.4. The Labute approximate surface area is 189 Å². The summed E-state index contributed by atoms with van der Waals surface area (Å²) in [6.07, 6.45) is 4.61. The fourth-order valence-corrected chi connectivity index (χ4v) is 4.31. The molecule has 9 nitrogen and oxygen atoms in total. The summed E-state index contributed by atoms with van der Waals surface area (Å²) in [7, 11) is 1.64. The van der Waals surface area contributed by atoms with E-state index in [1.165, 1.54) is 0 Å². The van der Waals surface area contributed by atoms with Crippen LogP contribution in [0.1, 0.15) is 42.5 Å². The number of carbonyl (C=O) groups excluding carboxylic acids is 2. The van der Waals surface area contributed by atoms with E-state index >= 15 is 0 Å². The first-order valence-electron chi connectivity index (χ1n) is 11.4. The average molecular weight is 447 g/mol. The van der Waals surface area contributed by atoms with Crippen LogP contribution in [-0.4, -0.2) is 80.8 Å². The molecule has 176 valence electrons. The summed E-state index contributed by atoms with van der Waals surface area (Å²) in [4.78, 5) is 40.5. The number of nitrogens with zero attached hydrogens (tertiary/aromatic N) is 2. The quantitative estimate of drug-likeness (QED) is 0.470. The van der Waals surface area contributed by atoms with Crippen LogP contribution in [0.25, 0.3) is 0 Å². The Morgan fingerprint density at radius 3 is 2.50 bits per heavy atom. The molecule has 9 heteroatoms. The minimum absolute atomic E-state index is 0.00470. The zero-order chi connectivity index (χ0) is 22.9. The number of benzene rings is 1. The molecular formula is C23H34N4O5. The van der Waals surface area contributed by atoms with Gasteiger partial charge in [-0.05, 0) is 37.5 Å². The fourth-order valence-electron chi connectivity index (χ4n) is 4.31. The molecule has 3 N–H and O–H groups in total. The molecule has 0 bridgehead atoms. The van der Waals surface area contributed by atoms with Gasteiger partial charge in [0.05, 0.1) is 17.8 Å². The number of carboxylic acids is 1. The summed E-state index contributed by atoms with van der Waals surface area (Å²) in [5.41, 5.74) is 1.26. The summed E-state index contributed by atoms with van der Waals surface area (Å²) >= 11 is 0. The smallest absolute Gasteiger partial charge is 0.337 e. The fraction of sp³-hybridized carbons (Fsp3) is 0.609. The summed E-state index contributed by atoms with van der Waals surface area (Å²) in [6.45, 7) is 4.41. The first-order chi connectivity index (χ1) is 15.5. The van der Waals surface area contributed by atoms with Crippen molar-refractivity contribution in [2.45, 2.75) is 32.1 Å². The Kier molecular flexibility index (Phi) is 8.87. The van der Waals surface area contributed by atoms with Crippen molar-refractivity contribution in [2.75, 3.05) is 63.2 Å². The Morgan fingerprint density at radius 2 is 1.84 bits per heavy atom. The van der Waals surface area contributed by atoms with Crippen molar-refractivity contribution < 1.29 is 24.2 Å². The van der Waals surface area contributed by atoms with E-state index in [0.717, 1.165) is 37.8 Å². The Hall–Kier alpha value is -2.65. The van der Waals surface area contributed by atoms with Gasteiger partial charge in [-0.15, -0.1) is 0 Å². The number of amides is 2. The number of carbonyl (C=O) groups is 3. The number of anilines is 2. The highest BCUT2D eigenvalue weighted by Crippen LogP contribution is 2.28. The summed E-state index contributed by atoms with van der Waals surface area (Å²) in [6, 6.07) is 5.17. The highest BCUT2D eigenvalue weighted by Gasteiger charge is 2.25. The van der Waals surface area contributed by atoms with Gasteiger partial charge in [0.15, 0.2) is 0 Å². The Morgan fingerprint density at radius 1 is 1.12 bits per heavy atom.